The molecule has 1 amide bonds. The smallest absolute Gasteiger partial charge is 0.262 e. The van der Waals surface area contributed by atoms with Gasteiger partial charge in [-0.05, 0) is 13.3 Å². The maximum absolute atomic E-state index is 12.3. The number of nitrogens with zero attached hydrogens (tertiary/aromatic N) is 2. The molecule has 2 aromatic rings. The highest BCUT2D eigenvalue weighted by Crippen LogP contribution is 2.23. The number of carbonyl (C=O) groups is 1. The second-order valence-electron chi connectivity index (χ2n) is 5.14. The normalized spacial score (nSPS) is 11.1. The van der Waals surface area contributed by atoms with Crippen molar-refractivity contribution >= 4 is 11.7 Å². The largest absolute Gasteiger partial charge is 0.360 e. The van der Waals surface area contributed by atoms with E-state index < -0.39 is 0 Å². The van der Waals surface area contributed by atoms with Gasteiger partial charge in [-0.15, -0.1) is 0 Å². The number of aryl methyl sites for hydroxylation is 2. The van der Waals surface area contributed by atoms with E-state index in [2.05, 4.69) is 27.6 Å². The summed E-state index contributed by atoms with van der Waals surface area (Å²) in [5, 5.41) is 13.6. The van der Waals surface area contributed by atoms with Crippen molar-refractivity contribution in [3.63, 3.8) is 0 Å². The van der Waals surface area contributed by atoms with E-state index in [4.69, 9.17) is 4.52 Å². The molecule has 0 bridgehead atoms. The summed E-state index contributed by atoms with van der Waals surface area (Å²) < 4.78 is 5.22. The van der Waals surface area contributed by atoms with Gasteiger partial charge in [-0.25, -0.2) is 0 Å². The predicted octanol–water partition coefficient (Wildman–Crippen LogP) is 3.03. The van der Waals surface area contributed by atoms with Crippen molar-refractivity contribution in [2.24, 2.45) is 0 Å². The van der Waals surface area contributed by atoms with Crippen molar-refractivity contribution in [3.05, 3.63) is 28.8 Å². The number of anilines is 1. The average molecular weight is 276 g/mol. The van der Waals surface area contributed by atoms with Crippen molar-refractivity contribution in [2.75, 3.05) is 5.32 Å². The third kappa shape index (κ3) is 2.89. The van der Waals surface area contributed by atoms with Crippen LogP contribution in [0.3, 0.4) is 0 Å². The Morgan fingerprint density at radius 1 is 1.50 bits per heavy atom. The molecule has 0 spiro atoms. The molecule has 0 radical (unpaired) electrons. The van der Waals surface area contributed by atoms with E-state index in [1.165, 1.54) is 0 Å². The zero-order valence-electron chi connectivity index (χ0n) is 12.3. The molecule has 2 heterocycles. The SMILES string of the molecule is CCCc1cc(NC(=O)c2c(C)noc2C(C)C)n[nH]1. The van der Waals surface area contributed by atoms with Gasteiger partial charge in [-0.3, -0.25) is 9.89 Å². The van der Waals surface area contributed by atoms with Gasteiger partial charge in [0.1, 0.15) is 5.56 Å². The second-order valence-corrected chi connectivity index (χ2v) is 5.14. The summed E-state index contributed by atoms with van der Waals surface area (Å²) >= 11 is 0. The van der Waals surface area contributed by atoms with Crippen LogP contribution in [0.15, 0.2) is 10.6 Å². The quantitative estimate of drug-likeness (QED) is 0.879. The number of amides is 1. The van der Waals surface area contributed by atoms with E-state index in [0.29, 0.717) is 22.8 Å². The summed E-state index contributed by atoms with van der Waals surface area (Å²) in [7, 11) is 0. The van der Waals surface area contributed by atoms with Crippen LogP contribution in [-0.2, 0) is 6.42 Å². The highest BCUT2D eigenvalue weighted by Gasteiger charge is 2.23. The number of aromatic amines is 1. The third-order valence-electron chi connectivity index (χ3n) is 3.03. The maximum atomic E-state index is 12.3. The predicted molar refractivity (Wildman–Crippen MR) is 75.9 cm³/mol. The Morgan fingerprint density at radius 2 is 2.25 bits per heavy atom. The van der Waals surface area contributed by atoms with E-state index in [9.17, 15) is 4.79 Å². The Balaban J connectivity index is 2.17. The fourth-order valence-corrected chi connectivity index (χ4v) is 2.06. The number of aromatic nitrogens is 3. The van der Waals surface area contributed by atoms with Crippen LogP contribution in [0.2, 0.25) is 0 Å². The van der Waals surface area contributed by atoms with Crippen LogP contribution in [0, 0.1) is 6.92 Å². The monoisotopic (exact) mass is 276 g/mol. The zero-order valence-corrected chi connectivity index (χ0v) is 12.3. The molecule has 6 heteroatoms. The van der Waals surface area contributed by atoms with Gasteiger partial charge in [0, 0.05) is 17.7 Å². The van der Waals surface area contributed by atoms with Gasteiger partial charge in [0.2, 0.25) is 0 Å². The fraction of sp³-hybridized carbons (Fsp3) is 0.500. The number of hydrogen-bond donors (Lipinski definition) is 2. The Kier molecular flexibility index (Phi) is 4.22. The molecule has 108 valence electrons. The number of rotatable bonds is 5. The lowest BCUT2D eigenvalue weighted by Crippen LogP contribution is -2.15. The van der Waals surface area contributed by atoms with Crippen molar-refractivity contribution in [1.29, 1.82) is 0 Å². The molecule has 2 rings (SSSR count). The Hall–Kier alpha value is -2.11. The highest BCUT2D eigenvalue weighted by molar-refractivity contribution is 6.05. The summed E-state index contributed by atoms with van der Waals surface area (Å²) in [6.45, 7) is 7.78. The number of nitrogens with one attached hydrogen (secondary N) is 2. The number of hydrogen-bond acceptors (Lipinski definition) is 4. The summed E-state index contributed by atoms with van der Waals surface area (Å²) in [6.07, 6.45) is 1.93. The van der Waals surface area contributed by atoms with Crippen LogP contribution < -0.4 is 5.32 Å². The molecule has 0 saturated carbocycles. The third-order valence-corrected chi connectivity index (χ3v) is 3.03. The highest BCUT2D eigenvalue weighted by atomic mass is 16.5. The second kappa shape index (κ2) is 5.90. The lowest BCUT2D eigenvalue weighted by Gasteiger charge is -2.04. The van der Waals surface area contributed by atoms with Crippen LogP contribution in [0.25, 0.3) is 0 Å². The van der Waals surface area contributed by atoms with Gasteiger partial charge in [-0.1, -0.05) is 32.3 Å². The molecular weight excluding hydrogens is 256 g/mol. The standard InChI is InChI=1S/C14H20N4O2/c1-5-6-10-7-11(17-16-10)15-14(19)12-9(4)18-20-13(12)8(2)3/h7-8H,5-6H2,1-4H3,(H2,15,16,17,19). The molecule has 2 N–H and O–H groups in total. The molecule has 0 aliphatic carbocycles. The first-order valence-electron chi connectivity index (χ1n) is 6.84. The maximum Gasteiger partial charge on any atom is 0.262 e. The van der Waals surface area contributed by atoms with E-state index in [1.54, 1.807) is 6.92 Å². The molecule has 0 saturated heterocycles. The Morgan fingerprint density at radius 3 is 2.90 bits per heavy atom. The Labute approximate surface area is 117 Å². The van der Waals surface area contributed by atoms with Gasteiger partial charge >= 0.3 is 0 Å². The minimum absolute atomic E-state index is 0.104. The number of H-pyrrole nitrogens is 1. The summed E-state index contributed by atoms with van der Waals surface area (Å²) in [4.78, 5) is 12.3. The summed E-state index contributed by atoms with van der Waals surface area (Å²) in [6, 6.07) is 1.85. The van der Waals surface area contributed by atoms with Crippen molar-refractivity contribution in [3.8, 4) is 0 Å². The summed E-state index contributed by atoms with van der Waals surface area (Å²) in [5.41, 5.74) is 2.10. The van der Waals surface area contributed by atoms with Crippen molar-refractivity contribution in [1.82, 2.24) is 15.4 Å². The minimum Gasteiger partial charge on any atom is -0.360 e. The zero-order chi connectivity index (χ0) is 14.7. The first-order chi connectivity index (χ1) is 9.52. The Bertz CT molecular complexity index is 598. The average Bonchev–Trinajstić information content (AvgIpc) is 2.96. The molecule has 0 aliphatic rings. The van der Waals surface area contributed by atoms with E-state index >= 15 is 0 Å². The van der Waals surface area contributed by atoms with E-state index in [-0.39, 0.29) is 11.8 Å². The van der Waals surface area contributed by atoms with Crippen LogP contribution in [0.5, 0.6) is 0 Å². The topological polar surface area (TPSA) is 83.8 Å². The molecule has 0 unspecified atom stereocenters. The van der Waals surface area contributed by atoms with Crippen molar-refractivity contribution in [2.45, 2.75) is 46.5 Å². The molecule has 20 heavy (non-hydrogen) atoms. The molecule has 2 aromatic heterocycles. The lowest BCUT2D eigenvalue weighted by molar-refractivity contribution is 0.102. The van der Waals surface area contributed by atoms with Gasteiger partial charge in [-0.2, -0.15) is 5.10 Å². The summed E-state index contributed by atoms with van der Waals surface area (Å²) in [5.74, 6) is 0.992. The molecule has 0 aromatic carbocycles. The van der Waals surface area contributed by atoms with Crippen LogP contribution in [-0.4, -0.2) is 21.3 Å². The molecule has 0 aliphatic heterocycles. The van der Waals surface area contributed by atoms with Crippen LogP contribution in [0.1, 0.15) is 60.6 Å². The van der Waals surface area contributed by atoms with Gasteiger partial charge < -0.3 is 9.84 Å². The molecule has 0 fully saturated rings. The van der Waals surface area contributed by atoms with Crippen molar-refractivity contribution < 1.29 is 9.32 Å². The molecular formula is C14H20N4O2. The lowest BCUT2D eigenvalue weighted by atomic mass is 10.0. The van der Waals surface area contributed by atoms with E-state index in [0.717, 1.165) is 18.5 Å². The minimum atomic E-state index is -0.234. The fourth-order valence-electron chi connectivity index (χ4n) is 2.06. The van der Waals surface area contributed by atoms with Gasteiger partial charge in [0.05, 0.1) is 5.69 Å². The number of carbonyl (C=O) groups excluding carboxylic acids is 1. The van der Waals surface area contributed by atoms with Crippen LogP contribution in [0.4, 0.5) is 5.82 Å². The molecule has 6 nitrogen and oxygen atoms in total. The molecule has 0 atom stereocenters. The first-order valence-corrected chi connectivity index (χ1v) is 6.84. The van der Waals surface area contributed by atoms with Gasteiger partial charge in [0.25, 0.3) is 5.91 Å². The first kappa shape index (κ1) is 14.3. The van der Waals surface area contributed by atoms with Gasteiger partial charge in [0.15, 0.2) is 11.6 Å². The van der Waals surface area contributed by atoms with Crippen LogP contribution >= 0.6 is 0 Å². The van der Waals surface area contributed by atoms with E-state index in [1.807, 2.05) is 19.9 Å².